The zero-order valence-electron chi connectivity index (χ0n) is 14.1. The maximum atomic E-state index is 12.8. The van der Waals surface area contributed by atoms with Crippen molar-refractivity contribution in [3.8, 4) is 0 Å². The van der Waals surface area contributed by atoms with Crippen LogP contribution in [0.1, 0.15) is 28.1 Å². The maximum absolute atomic E-state index is 12.8. The van der Waals surface area contributed by atoms with E-state index < -0.39 is 12.0 Å². The van der Waals surface area contributed by atoms with Crippen LogP contribution in [0.25, 0.3) is 0 Å². The summed E-state index contributed by atoms with van der Waals surface area (Å²) in [6, 6.07) is 6.89. The molecule has 1 unspecified atom stereocenters. The summed E-state index contributed by atoms with van der Waals surface area (Å²) in [7, 11) is 1.84. The molecule has 6 nitrogen and oxygen atoms in total. The molecule has 1 aliphatic rings. The number of amides is 1. The van der Waals surface area contributed by atoms with Gasteiger partial charge in [-0.3, -0.25) is 9.48 Å². The summed E-state index contributed by atoms with van der Waals surface area (Å²) in [5, 5.41) is 13.9. The minimum atomic E-state index is -0.961. The Bertz CT molecular complexity index is 810. The lowest BCUT2D eigenvalue weighted by molar-refractivity contribution is -0.151. The van der Waals surface area contributed by atoms with Gasteiger partial charge >= 0.3 is 5.97 Å². The van der Waals surface area contributed by atoms with Crippen molar-refractivity contribution >= 4 is 11.9 Å². The van der Waals surface area contributed by atoms with Crippen molar-refractivity contribution in [2.45, 2.75) is 39.3 Å². The van der Waals surface area contributed by atoms with E-state index in [1.165, 1.54) is 4.90 Å². The lowest BCUT2D eigenvalue weighted by atomic mass is 9.93. The fraction of sp³-hybridized carbons (Fsp3) is 0.389. The zero-order valence-corrected chi connectivity index (χ0v) is 14.1. The third-order valence-electron chi connectivity index (χ3n) is 4.84. The number of hydrogen-bond donors (Lipinski definition) is 1. The second-order valence-electron chi connectivity index (χ2n) is 6.30. The molecule has 1 aromatic carbocycles. The molecule has 3 rings (SSSR count). The molecular formula is C18H21N3O3. The largest absolute Gasteiger partial charge is 0.480 e. The van der Waals surface area contributed by atoms with Gasteiger partial charge in [0.25, 0.3) is 0 Å². The number of carboxylic acid groups (broad SMARTS) is 1. The Labute approximate surface area is 140 Å². The molecular weight excluding hydrogens is 306 g/mol. The summed E-state index contributed by atoms with van der Waals surface area (Å²) in [5.74, 6) is -1.13. The third kappa shape index (κ3) is 2.79. The minimum absolute atomic E-state index is 0.170. The highest BCUT2D eigenvalue weighted by molar-refractivity contribution is 5.86. The quantitative estimate of drug-likeness (QED) is 0.929. The highest BCUT2D eigenvalue weighted by Gasteiger charge is 2.34. The molecule has 2 aromatic rings. The SMILES string of the molecule is Cc1nn(C)c(C)c1CC(=O)N1Cc2ccccc2CC1C(=O)O. The average Bonchev–Trinajstić information content (AvgIpc) is 2.79. The first-order valence-corrected chi connectivity index (χ1v) is 7.96. The molecule has 2 heterocycles. The van der Waals surface area contributed by atoms with E-state index in [-0.39, 0.29) is 12.3 Å². The summed E-state index contributed by atoms with van der Waals surface area (Å²) in [5.41, 5.74) is 4.65. The fourth-order valence-electron chi connectivity index (χ4n) is 3.33. The van der Waals surface area contributed by atoms with Crippen LogP contribution < -0.4 is 0 Å². The van der Waals surface area contributed by atoms with Gasteiger partial charge in [-0.05, 0) is 25.0 Å². The van der Waals surface area contributed by atoms with Crippen LogP contribution in [0.15, 0.2) is 24.3 Å². The molecule has 1 amide bonds. The summed E-state index contributed by atoms with van der Waals surface area (Å²) in [4.78, 5) is 26.0. The van der Waals surface area contributed by atoms with Crippen LogP contribution in [0.2, 0.25) is 0 Å². The first kappa shape index (κ1) is 16.2. The highest BCUT2D eigenvalue weighted by atomic mass is 16.4. The van der Waals surface area contributed by atoms with Crippen LogP contribution in [0, 0.1) is 13.8 Å². The number of aromatic nitrogens is 2. The smallest absolute Gasteiger partial charge is 0.326 e. The van der Waals surface area contributed by atoms with Gasteiger partial charge in [0.1, 0.15) is 6.04 Å². The molecule has 0 bridgehead atoms. The van der Waals surface area contributed by atoms with Crippen LogP contribution in [0.4, 0.5) is 0 Å². The van der Waals surface area contributed by atoms with Crippen molar-refractivity contribution in [3.63, 3.8) is 0 Å². The van der Waals surface area contributed by atoms with Gasteiger partial charge in [0.05, 0.1) is 12.1 Å². The van der Waals surface area contributed by atoms with Crippen LogP contribution in [-0.2, 0) is 36.0 Å². The first-order valence-electron chi connectivity index (χ1n) is 7.96. The molecule has 0 fully saturated rings. The Morgan fingerprint density at radius 2 is 1.92 bits per heavy atom. The summed E-state index contributed by atoms with van der Waals surface area (Å²) in [6.45, 7) is 4.13. The minimum Gasteiger partial charge on any atom is -0.480 e. The summed E-state index contributed by atoms with van der Waals surface area (Å²) in [6.07, 6.45) is 0.527. The van der Waals surface area contributed by atoms with Gasteiger partial charge in [-0.1, -0.05) is 24.3 Å². The molecule has 0 aliphatic carbocycles. The lowest BCUT2D eigenvalue weighted by Crippen LogP contribution is -2.49. The summed E-state index contributed by atoms with van der Waals surface area (Å²) >= 11 is 0. The number of benzene rings is 1. The molecule has 24 heavy (non-hydrogen) atoms. The van der Waals surface area contributed by atoms with Gasteiger partial charge in [-0.25, -0.2) is 4.79 Å². The topological polar surface area (TPSA) is 75.4 Å². The van der Waals surface area contributed by atoms with Gasteiger partial charge in [0.15, 0.2) is 0 Å². The first-order chi connectivity index (χ1) is 11.4. The van der Waals surface area contributed by atoms with Crippen LogP contribution in [0.5, 0.6) is 0 Å². The van der Waals surface area contributed by atoms with Crippen molar-refractivity contribution in [1.82, 2.24) is 14.7 Å². The number of nitrogens with zero attached hydrogens (tertiary/aromatic N) is 3. The van der Waals surface area contributed by atoms with E-state index in [1.807, 2.05) is 45.2 Å². The molecule has 1 aromatic heterocycles. The zero-order chi connectivity index (χ0) is 17.4. The van der Waals surface area contributed by atoms with E-state index in [2.05, 4.69) is 5.10 Å². The van der Waals surface area contributed by atoms with Crippen molar-refractivity contribution in [2.24, 2.45) is 7.05 Å². The normalized spacial score (nSPS) is 16.8. The van der Waals surface area contributed by atoms with Gasteiger partial charge in [-0.2, -0.15) is 5.10 Å². The molecule has 0 saturated carbocycles. The monoisotopic (exact) mass is 327 g/mol. The van der Waals surface area contributed by atoms with Crippen molar-refractivity contribution in [2.75, 3.05) is 0 Å². The van der Waals surface area contributed by atoms with E-state index in [0.29, 0.717) is 13.0 Å². The standard InChI is InChI=1S/C18H21N3O3/c1-11-15(12(2)20(3)19-11)9-17(22)21-10-14-7-5-4-6-13(14)8-16(21)18(23)24/h4-7,16H,8-10H2,1-3H3,(H,23,24). The Kier molecular flexibility index (Phi) is 4.13. The number of carbonyl (C=O) groups is 2. The predicted molar refractivity (Wildman–Crippen MR) is 88.5 cm³/mol. The number of carboxylic acids is 1. The van der Waals surface area contributed by atoms with E-state index in [0.717, 1.165) is 28.1 Å². The van der Waals surface area contributed by atoms with Gasteiger partial charge in [0, 0.05) is 31.3 Å². The van der Waals surface area contributed by atoms with Crippen LogP contribution in [-0.4, -0.2) is 37.7 Å². The third-order valence-corrected chi connectivity index (χ3v) is 4.84. The second kappa shape index (κ2) is 6.11. The second-order valence-corrected chi connectivity index (χ2v) is 6.30. The van der Waals surface area contributed by atoms with Gasteiger partial charge < -0.3 is 10.0 Å². The number of aliphatic carboxylic acids is 1. The number of aryl methyl sites for hydroxylation is 2. The fourth-order valence-corrected chi connectivity index (χ4v) is 3.33. The van der Waals surface area contributed by atoms with E-state index >= 15 is 0 Å². The number of carbonyl (C=O) groups excluding carboxylic acids is 1. The molecule has 1 aliphatic heterocycles. The molecule has 0 radical (unpaired) electrons. The highest BCUT2D eigenvalue weighted by Crippen LogP contribution is 2.25. The Balaban J connectivity index is 1.88. The van der Waals surface area contributed by atoms with E-state index in [4.69, 9.17) is 0 Å². The summed E-state index contributed by atoms with van der Waals surface area (Å²) < 4.78 is 1.75. The van der Waals surface area contributed by atoms with Gasteiger partial charge in [-0.15, -0.1) is 0 Å². The van der Waals surface area contributed by atoms with E-state index in [1.54, 1.807) is 4.68 Å². The lowest BCUT2D eigenvalue weighted by Gasteiger charge is -2.34. The number of rotatable bonds is 3. The molecule has 126 valence electrons. The molecule has 1 N–H and O–H groups in total. The van der Waals surface area contributed by atoms with Gasteiger partial charge in [0.2, 0.25) is 5.91 Å². The van der Waals surface area contributed by atoms with E-state index in [9.17, 15) is 14.7 Å². The Hall–Kier alpha value is -2.63. The predicted octanol–water partition coefficient (Wildman–Crippen LogP) is 1.62. The molecule has 0 saturated heterocycles. The number of hydrogen-bond acceptors (Lipinski definition) is 3. The molecule has 0 spiro atoms. The maximum Gasteiger partial charge on any atom is 0.326 e. The molecule has 1 atom stereocenters. The van der Waals surface area contributed by atoms with Crippen LogP contribution in [0.3, 0.4) is 0 Å². The van der Waals surface area contributed by atoms with Crippen molar-refractivity contribution < 1.29 is 14.7 Å². The van der Waals surface area contributed by atoms with Crippen molar-refractivity contribution in [1.29, 1.82) is 0 Å². The van der Waals surface area contributed by atoms with Crippen molar-refractivity contribution in [3.05, 3.63) is 52.3 Å². The molecule has 6 heteroatoms. The van der Waals surface area contributed by atoms with Crippen LogP contribution >= 0.6 is 0 Å². The Morgan fingerprint density at radius 3 is 2.50 bits per heavy atom. The number of fused-ring (bicyclic) bond motifs is 1. The Morgan fingerprint density at radius 1 is 1.25 bits per heavy atom. The average molecular weight is 327 g/mol.